The lowest BCUT2D eigenvalue weighted by molar-refractivity contribution is -0.128. The van der Waals surface area contributed by atoms with Crippen LogP contribution in [0.4, 0.5) is 5.69 Å². The lowest BCUT2D eigenvalue weighted by atomic mass is 9.78. The molecule has 0 aliphatic carbocycles. The van der Waals surface area contributed by atoms with Crippen molar-refractivity contribution in [2.45, 2.75) is 25.8 Å². The van der Waals surface area contributed by atoms with E-state index in [9.17, 15) is 4.79 Å². The lowest BCUT2D eigenvalue weighted by Crippen LogP contribution is -2.47. The molecule has 2 aliphatic rings. The number of furan rings is 1. The van der Waals surface area contributed by atoms with Crippen molar-refractivity contribution in [3.63, 3.8) is 0 Å². The molecule has 0 radical (unpaired) electrons. The second kappa shape index (κ2) is 5.53. The van der Waals surface area contributed by atoms with E-state index in [0.29, 0.717) is 0 Å². The SMILES string of the molecule is Cn1cc(N2CC[C@]3(CCCN(Cc4ccco4)C3)C2=O)cn1. The summed E-state index contributed by atoms with van der Waals surface area (Å²) in [5.41, 5.74) is 0.679. The Morgan fingerprint density at radius 2 is 2.26 bits per heavy atom. The van der Waals surface area contributed by atoms with Crippen LogP contribution < -0.4 is 4.90 Å². The normalized spacial score (nSPS) is 25.6. The number of nitrogens with zero attached hydrogens (tertiary/aromatic N) is 4. The second-order valence-corrected chi connectivity index (χ2v) is 6.75. The second-order valence-electron chi connectivity index (χ2n) is 6.75. The highest BCUT2D eigenvalue weighted by Crippen LogP contribution is 2.42. The van der Waals surface area contributed by atoms with E-state index in [1.807, 2.05) is 30.3 Å². The van der Waals surface area contributed by atoms with Crippen LogP contribution in [-0.2, 0) is 18.4 Å². The van der Waals surface area contributed by atoms with Crippen LogP contribution in [-0.4, -0.2) is 40.2 Å². The van der Waals surface area contributed by atoms with E-state index in [0.717, 1.165) is 56.9 Å². The molecule has 0 bridgehead atoms. The first-order chi connectivity index (χ1) is 11.2. The maximum absolute atomic E-state index is 13.1. The van der Waals surface area contributed by atoms with Crippen molar-refractivity contribution in [2.75, 3.05) is 24.5 Å². The number of hydrogen-bond acceptors (Lipinski definition) is 4. The molecule has 6 nitrogen and oxygen atoms in total. The molecular formula is C17H22N4O2. The number of amides is 1. The zero-order valence-corrected chi connectivity index (χ0v) is 13.4. The fraction of sp³-hybridized carbons (Fsp3) is 0.529. The molecule has 1 spiro atoms. The smallest absolute Gasteiger partial charge is 0.234 e. The van der Waals surface area contributed by atoms with E-state index in [4.69, 9.17) is 4.42 Å². The van der Waals surface area contributed by atoms with E-state index in [1.54, 1.807) is 17.1 Å². The first-order valence-corrected chi connectivity index (χ1v) is 8.22. The Labute approximate surface area is 135 Å². The standard InChI is InChI=1S/C17H22N4O2/c1-19-11-14(10-18-19)21-8-6-17(16(21)22)5-3-7-20(13-17)12-15-4-2-9-23-15/h2,4,9-11H,3,5-8,12-13H2,1H3/t17-/m0/s1. The Morgan fingerprint density at radius 3 is 3.00 bits per heavy atom. The van der Waals surface area contributed by atoms with Gasteiger partial charge in [0.1, 0.15) is 5.76 Å². The van der Waals surface area contributed by atoms with Crippen LogP contribution in [0.3, 0.4) is 0 Å². The highest BCUT2D eigenvalue weighted by atomic mass is 16.3. The maximum atomic E-state index is 13.1. The molecule has 0 N–H and O–H groups in total. The molecule has 2 aromatic heterocycles. The monoisotopic (exact) mass is 314 g/mol. The van der Waals surface area contributed by atoms with Crippen molar-refractivity contribution in [3.8, 4) is 0 Å². The minimum Gasteiger partial charge on any atom is -0.468 e. The zero-order chi connectivity index (χ0) is 15.9. The molecule has 4 heterocycles. The Kier molecular flexibility index (Phi) is 3.49. The van der Waals surface area contributed by atoms with Gasteiger partial charge < -0.3 is 9.32 Å². The highest BCUT2D eigenvalue weighted by Gasteiger charge is 2.49. The summed E-state index contributed by atoms with van der Waals surface area (Å²) in [6, 6.07) is 3.92. The number of anilines is 1. The molecule has 0 aromatic carbocycles. The first kappa shape index (κ1) is 14.5. The average Bonchev–Trinajstić information content (AvgIpc) is 3.24. The van der Waals surface area contributed by atoms with Gasteiger partial charge in [0, 0.05) is 26.3 Å². The Balaban J connectivity index is 1.50. The van der Waals surface area contributed by atoms with E-state index in [1.165, 1.54) is 0 Å². The minimum absolute atomic E-state index is 0.235. The third-order valence-electron chi connectivity index (χ3n) is 5.13. The van der Waals surface area contributed by atoms with Crippen LogP contribution >= 0.6 is 0 Å². The molecular weight excluding hydrogens is 292 g/mol. The van der Waals surface area contributed by atoms with Crippen LogP contribution in [0.25, 0.3) is 0 Å². The number of likely N-dealkylation sites (tertiary alicyclic amines) is 1. The summed E-state index contributed by atoms with van der Waals surface area (Å²) >= 11 is 0. The summed E-state index contributed by atoms with van der Waals surface area (Å²) in [5, 5.41) is 4.19. The summed E-state index contributed by atoms with van der Waals surface area (Å²) in [5.74, 6) is 1.23. The molecule has 2 aliphatic heterocycles. The molecule has 6 heteroatoms. The van der Waals surface area contributed by atoms with E-state index >= 15 is 0 Å². The predicted molar refractivity (Wildman–Crippen MR) is 85.8 cm³/mol. The number of carbonyl (C=O) groups is 1. The number of aryl methyl sites for hydroxylation is 1. The molecule has 0 saturated carbocycles. The fourth-order valence-electron chi connectivity index (χ4n) is 3.98. The molecule has 4 rings (SSSR count). The topological polar surface area (TPSA) is 54.5 Å². The Hall–Kier alpha value is -2.08. The summed E-state index contributed by atoms with van der Waals surface area (Å²) in [7, 11) is 1.88. The maximum Gasteiger partial charge on any atom is 0.234 e. The van der Waals surface area contributed by atoms with E-state index in [2.05, 4.69) is 10.00 Å². The van der Waals surface area contributed by atoms with Gasteiger partial charge in [-0.25, -0.2) is 0 Å². The van der Waals surface area contributed by atoms with Crippen LogP contribution in [0, 0.1) is 5.41 Å². The Morgan fingerprint density at radius 1 is 1.35 bits per heavy atom. The quantitative estimate of drug-likeness (QED) is 0.870. The lowest BCUT2D eigenvalue weighted by Gasteiger charge is -2.38. The van der Waals surface area contributed by atoms with Crippen molar-refractivity contribution >= 4 is 11.6 Å². The zero-order valence-electron chi connectivity index (χ0n) is 13.4. The third kappa shape index (κ3) is 2.57. The van der Waals surface area contributed by atoms with Crippen molar-refractivity contribution in [2.24, 2.45) is 12.5 Å². The van der Waals surface area contributed by atoms with E-state index in [-0.39, 0.29) is 11.3 Å². The third-order valence-corrected chi connectivity index (χ3v) is 5.13. The predicted octanol–water partition coefficient (Wildman–Crippen LogP) is 2.03. The molecule has 1 amide bonds. The molecule has 2 aromatic rings. The summed E-state index contributed by atoms with van der Waals surface area (Å²) in [4.78, 5) is 17.3. The molecule has 1 atom stereocenters. The fourth-order valence-corrected chi connectivity index (χ4v) is 3.98. The number of carbonyl (C=O) groups excluding carboxylic acids is 1. The van der Waals surface area contributed by atoms with Gasteiger partial charge in [0.15, 0.2) is 0 Å². The van der Waals surface area contributed by atoms with Crippen LogP contribution in [0.15, 0.2) is 35.2 Å². The van der Waals surface area contributed by atoms with Crippen molar-refractivity contribution in [3.05, 3.63) is 36.5 Å². The Bertz CT molecular complexity index is 693. The van der Waals surface area contributed by atoms with Gasteiger partial charge in [-0.2, -0.15) is 5.10 Å². The van der Waals surface area contributed by atoms with Crippen LogP contribution in [0.1, 0.15) is 25.0 Å². The molecule has 2 saturated heterocycles. The van der Waals surface area contributed by atoms with Gasteiger partial charge in [-0.15, -0.1) is 0 Å². The van der Waals surface area contributed by atoms with Crippen LogP contribution in [0.5, 0.6) is 0 Å². The molecule has 122 valence electrons. The average molecular weight is 314 g/mol. The van der Waals surface area contributed by atoms with Crippen LogP contribution in [0.2, 0.25) is 0 Å². The van der Waals surface area contributed by atoms with E-state index < -0.39 is 0 Å². The van der Waals surface area contributed by atoms with Gasteiger partial charge in [-0.3, -0.25) is 14.4 Å². The van der Waals surface area contributed by atoms with Crippen molar-refractivity contribution < 1.29 is 9.21 Å². The number of rotatable bonds is 3. The van der Waals surface area contributed by atoms with Gasteiger partial charge in [0.25, 0.3) is 0 Å². The summed E-state index contributed by atoms with van der Waals surface area (Å²) < 4.78 is 7.21. The number of aromatic nitrogens is 2. The largest absolute Gasteiger partial charge is 0.468 e. The summed E-state index contributed by atoms with van der Waals surface area (Å²) in [6.07, 6.45) is 8.38. The van der Waals surface area contributed by atoms with Gasteiger partial charge in [-0.05, 0) is 37.9 Å². The highest BCUT2D eigenvalue weighted by molar-refractivity contribution is 6.00. The number of hydrogen-bond donors (Lipinski definition) is 0. The first-order valence-electron chi connectivity index (χ1n) is 8.22. The summed E-state index contributed by atoms with van der Waals surface area (Å²) in [6.45, 7) is 3.43. The van der Waals surface area contributed by atoms with Gasteiger partial charge in [0.2, 0.25) is 5.91 Å². The molecule has 2 fully saturated rings. The van der Waals surface area contributed by atoms with Gasteiger partial charge in [0.05, 0.1) is 30.1 Å². The van der Waals surface area contributed by atoms with Crippen molar-refractivity contribution in [1.82, 2.24) is 14.7 Å². The number of piperidine rings is 1. The van der Waals surface area contributed by atoms with Crippen molar-refractivity contribution in [1.29, 1.82) is 0 Å². The molecule has 23 heavy (non-hydrogen) atoms. The van der Waals surface area contributed by atoms with Gasteiger partial charge >= 0.3 is 0 Å². The molecule has 0 unspecified atom stereocenters. The minimum atomic E-state index is -0.235. The van der Waals surface area contributed by atoms with Gasteiger partial charge in [-0.1, -0.05) is 0 Å².